The topological polar surface area (TPSA) is 66.5 Å². The fraction of sp³-hybridized carbons (Fsp3) is 0.235. The second-order valence-corrected chi connectivity index (χ2v) is 8.41. The van der Waals surface area contributed by atoms with Gasteiger partial charge in [-0.25, -0.2) is 8.42 Å². The van der Waals surface area contributed by atoms with Crippen LogP contribution in [-0.2, 0) is 16.0 Å². The molecule has 0 aliphatic rings. The summed E-state index contributed by atoms with van der Waals surface area (Å²) in [5.74, 6) is -0.950. The second kappa shape index (κ2) is 7.40. The van der Waals surface area contributed by atoms with Crippen LogP contribution in [0.5, 0.6) is 0 Å². The van der Waals surface area contributed by atoms with Crippen LogP contribution in [0.2, 0.25) is 5.02 Å². The van der Waals surface area contributed by atoms with E-state index >= 15 is 0 Å². The van der Waals surface area contributed by atoms with E-state index in [0.29, 0.717) is 5.69 Å². The van der Waals surface area contributed by atoms with Gasteiger partial charge in [0.15, 0.2) is 9.84 Å². The lowest BCUT2D eigenvalue weighted by Gasteiger charge is -2.19. The Bertz CT molecular complexity index is 989. The van der Waals surface area contributed by atoms with Gasteiger partial charge in [0.05, 0.1) is 26.7 Å². The van der Waals surface area contributed by atoms with Gasteiger partial charge in [-0.15, -0.1) is 0 Å². The third kappa shape index (κ3) is 4.92. The minimum Gasteiger partial charge on any atom is -0.378 e. The van der Waals surface area contributed by atoms with Crippen molar-refractivity contribution in [1.82, 2.24) is 0 Å². The first-order valence-corrected chi connectivity index (χ1v) is 9.77. The van der Waals surface area contributed by atoms with E-state index < -0.39 is 33.2 Å². The molecule has 1 N–H and O–H groups in total. The van der Waals surface area contributed by atoms with E-state index in [-0.39, 0.29) is 15.5 Å². The summed E-state index contributed by atoms with van der Waals surface area (Å²) in [7, 11) is -0.444. The van der Waals surface area contributed by atoms with Crippen LogP contribution in [0.3, 0.4) is 0 Å². The molecule has 0 aromatic heterocycles. The number of sulfone groups is 1. The second-order valence-electron chi connectivity index (χ2n) is 5.99. The van der Waals surface area contributed by atoms with Crippen molar-refractivity contribution in [3.8, 4) is 0 Å². The highest BCUT2D eigenvalue weighted by molar-refractivity contribution is 7.90. The molecule has 2 aromatic rings. The fourth-order valence-corrected chi connectivity index (χ4v) is 3.10. The van der Waals surface area contributed by atoms with Crippen molar-refractivity contribution in [3.05, 3.63) is 52.5 Å². The summed E-state index contributed by atoms with van der Waals surface area (Å²) in [6, 6.07) is 6.89. The number of alkyl halides is 3. The summed E-state index contributed by atoms with van der Waals surface area (Å²) in [6.07, 6.45) is -3.76. The molecule has 0 radical (unpaired) electrons. The molecule has 0 saturated heterocycles. The van der Waals surface area contributed by atoms with Crippen molar-refractivity contribution in [1.29, 1.82) is 0 Å². The number of carbonyl (C=O) groups excluding carboxylic acids is 1. The average Bonchev–Trinajstić information content (AvgIpc) is 2.53. The van der Waals surface area contributed by atoms with E-state index in [1.54, 1.807) is 14.1 Å². The summed E-state index contributed by atoms with van der Waals surface area (Å²) in [5, 5.41) is 2.08. The van der Waals surface area contributed by atoms with Gasteiger partial charge in [0.1, 0.15) is 0 Å². The number of amides is 1. The number of carbonyl (C=O) groups is 1. The molecule has 2 aromatic carbocycles. The van der Waals surface area contributed by atoms with E-state index in [2.05, 4.69) is 5.32 Å². The molecule has 0 spiro atoms. The van der Waals surface area contributed by atoms with Crippen LogP contribution < -0.4 is 10.2 Å². The number of rotatable bonds is 4. The number of nitrogens with one attached hydrogen (secondary N) is 1. The number of hydrogen-bond acceptors (Lipinski definition) is 4. The van der Waals surface area contributed by atoms with Gasteiger partial charge in [-0.3, -0.25) is 4.79 Å². The number of anilines is 2. The molecule has 1 amide bonds. The van der Waals surface area contributed by atoms with Crippen LogP contribution in [0.4, 0.5) is 24.5 Å². The molecule has 27 heavy (non-hydrogen) atoms. The first-order chi connectivity index (χ1) is 12.3. The van der Waals surface area contributed by atoms with Crippen molar-refractivity contribution in [2.24, 2.45) is 0 Å². The summed E-state index contributed by atoms with van der Waals surface area (Å²) in [5.41, 5.74) is -1.43. The molecule has 0 unspecified atom stereocenters. The number of benzene rings is 2. The predicted octanol–water partition coefficient (Wildman–Crippen LogP) is 4.08. The van der Waals surface area contributed by atoms with E-state index in [0.717, 1.165) is 24.5 Å². The Kier molecular flexibility index (Phi) is 5.77. The van der Waals surface area contributed by atoms with Crippen LogP contribution in [0.25, 0.3) is 0 Å². The highest BCUT2D eigenvalue weighted by Gasteiger charge is 2.34. The Morgan fingerprint density at radius 2 is 1.74 bits per heavy atom. The molecule has 0 aliphatic carbocycles. The molecule has 146 valence electrons. The van der Waals surface area contributed by atoms with Crippen LogP contribution >= 0.6 is 11.6 Å². The summed E-state index contributed by atoms with van der Waals surface area (Å²) >= 11 is 5.92. The van der Waals surface area contributed by atoms with Crippen LogP contribution in [0.1, 0.15) is 15.9 Å². The van der Waals surface area contributed by atoms with Gasteiger partial charge < -0.3 is 10.2 Å². The molecule has 0 aliphatic heterocycles. The molecule has 5 nitrogen and oxygen atoms in total. The molecule has 10 heteroatoms. The zero-order valence-corrected chi connectivity index (χ0v) is 16.1. The first kappa shape index (κ1) is 21.0. The Morgan fingerprint density at radius 3 is 2.26 bits per heavy atom. The molecule has 0 saturated carbocycles. The fourth-order valence-electron chi connectivity index (χ4n) is 2.25. The lowest BCUT2D eigenvalue weighted by molar-refractivity contribution is -0.136. The third-order valence-electron chi connectivity index (χ3n) is 3.68. The van der Waals surface area contributed by atoms with E-state index in [1.165, 1.54) is 23.1 Å². The minimum absolute atomic E-state index is 0.0848. The van der Waals surface area contributed by atoms with Gasteiger partial charge in [-0.1, -0.05) is 11.6 Å². The largest absolute Gasteiger partial charge is 0.418 e. The van der Waals surface area contributed by atoms with E-state index in [9.17, 15) is 26.4 Å². The smallest absolute Gasteiger partial charge is 0.378 e. The maximum atomic E-state index is 13.4. The number of nitrogens with zero attached hydrogens (tertiary/aromatic N) is 1. The van der Waals surface area contributed by atoms with Gasteiger partial charge in [0, 0.05) is 26.0 Å². The first-order valence-electron chi connectivity index (χ1n) is 7.50. The summed E-state index contributed by atoms with van der Waals surface area (Å²) < 4.78 is 63.4. The molecule has 0 atom stereocenters. The van der Waals surface area contributed by atoms with Gasteiger partial charge in [0.2, 0.25) is 0 Å². The van der Waals surface area contributed by atoms with Gasteiger partial charge >= 0.3 is 6.18 Å². The van der Waals surface area contributed by atoms with Crippen molar-refractivity contribution in [2.45, 2.75) is 11.1 Å². The number of hydrogen-bond donors (Lipinski definition) is 1. The zero-order valence-electron chi connectivity index (χ0n) is 14.6. The van der Waals surface area contributed by atoms with Crippen molar-refractivity contribution >= 4 is 38.7 Å². The van der Waals surface area contributed by atoms with E-state index in [4.69, 9.17) is 11.6 Å². The molecule has 0 heterocycles. The Morgan fingerprint density at radius 1 is 1.11 bits per heavy atom. The maximum Gasteiger partial charge on any atom is 0.418 e. The molecule has 0 bridgehead atoms. The predicted molar refractivity (Wildman–Crippen MR) is 98.3 cm³/mol. The average molecular weight is 421 g/mol. The van der Waals surface area contributed by atoms with Crippen LogP contribution in [0, 0.1) is 0 Å². The monoisotopic (exact) mass is 420 g/mol. The van der Waals surface area contributed by atoms with Gasteiger partial charge in [-0.2, -0.15) is 13.2 Å². The van der Waals surface area contributed by atoms with Crippen LogP contribution in [-0.4, -0.2) is 34.7 Å². The minimum atomic E-state index is -4.70. The summed E-state index contributed by atoms with van der Waals surface area (Å²) in [4.78, 5) is 13.8. The molecular formula is C17H16ClF3N2O3S. The number of halogens is 4. The van der Waals surface area contributed by atoms with Gasteiger partial charge in [0.25, 0.3) is 5.91 Å². The third-order valence-corrected chi connectivity index (χ3v) is 5.12. The lowest BCUT2D eigenvalue weighted by atomic mass is 10.1. The van der Waals surface area contributed by atoms with Gasteiger partial charge in [-0.05, 0) is 36.4 Å². The Labute approximate surface area is 159 Å². The highest BCUT2D eigenvalue weighted by Crippen LogP contribution is 2.37. The van der Waals surface area contributed by atoms with Crippen molar-refractivity contribution in [3.63, 3.8) is 0 Å². The molecule has 2 rings (SSSR count). The van der Waals surface area contributed by atoms with Crippen molar-refractivity contribution in [2.75, 3.05) is 30.6 Å². The zero-order chi connectivity index (χ0) is 20.6. The van der Waals surface area contributed by atoms with Crippen molar-refractivity contribution < 1.29 is 26.4 Å². The molecule has 0 fully saturated rings. The standard InChI is InChI=1S/C17H16ClF3N2O3S/c1-23(2)10-4-7-15(13(8-10)17(19,20)21)22-16(24)12-9-11(27(3,25)26)5-6-14(12)18/h4-9H,1-3H3,(H,22,24). The normalized spacial score (nSPS) is 12.0. The Balaban J connectivity index is 2.47. The Hall–Kier alpha value is -2.26. The SMILES string of the molecule is CN(C)c1ccc(NC(=O)c2cc(S(C)(=O)=O)ccc2Cl)c(C(F)(F)F)c1. The van der Waals surface area contributed by atoms with Crippen LogP contribution in [0.15, 0.2) is 41.3 Å². The quantitative estimate of drug-likeness (QED) is 0.809. The lowest BCUT2D eigenvalue weighted by Crippen LogP contribution is -2.18. The highest BCUT2D eigenvalue weighted by atomic mass is 35.5. The van der Waals surface area contributed by atoms with E-state index in [1.807, 2.05) is 0 Å². The summed E-state index contributed by atoms with van der Waals surface area (Å²) in [6.45, 7) is 0. The molecular weight excluding hydrogens is 405 g/mol. The maximum absolute atomic E-state index is 13.4.